The monoisotopic (exact) mass is 473 g/mol. The van der Waals surface area contributed by atoms with Gasteiger partial charge in [-0.3, -0.25) is 14.5 Å². The molecule has 4 aromatic rings. The van der Waals surface area contributed by atoms with E-state index in [4.69, 9.17) is 10.5 Å². The van der Waals surface area contributed by atoms with E-state index in [1.54, 1.807) is 36.7 Å². The molecule has 182 valence electrons. The van der Waals surface area contributed by atoms with Crippen molar-refractivity contribution in [2.45, 2.75) is 52.8 Å². The summed E-state index contributed by atoms with van der Waals surface area (Å²) in [4.78, 5) is 17.0. The second-order valence-corrected chi connectivity index (χ2v) is 9.76. The second-order valence-electron chi connectivity index (χ2n) is 9.76. The fourth-order valence-corrected chi connectivity index (χ4v) is 3.97. The standard InChI is InChI=1S/C27H31N5O3/c1-16-10-18(12-24(33)31-20-14-30-32(15-20)27(3,4)5)11-17(2)25(16)35-23-8-9-29-22-7-6-19(26(28)34)13-21(22)23/h6-11,13-15,26,34H,12,28H2,1-5H3,(H,31,33). The van der Waals surface area contributed by atoms with Crippen LogP contribution in [0.25, 0.3) is 10.9 Å². The van der Waals surface area contributed by atoms with Crippen LogP contribution >= 0.6 is 0 Å². The van der Waals surface area contributed by atoms with Crippen molar-refractivity contribution >= 4 is 22.5 Å². The van der Waals surface area contributed by atoms with Crippen molar-refractivity contribution in [3.63, 3.8) is 0 Å². The normalized spacial score (nSPS) is 12.5. The highest BCUT2D eigenvalue weighted by molar-refractivity contribution is 5.92. The Labute approximate surface area is 204 Å². The van der Waals surface area contributed by atoms with Gasteiger partial charge in [0.05, 0.1) is 29.4 Å². The number of rotatable bonds is 6. The predicted octanol–water partition coefficient (Wildman–Crippen LogP) is 4.73. The molecular formula is C27H31N5O3. The number of nitrogens with one attached hydrogen (secondary N) is 1. The molecule has 0 saturated heterocycles. The topological polar surface area (TPSA) is 115 Å². The summed E-state index contributed by atoms with van der Waals surface area (Å²) in [5, 5.41) is 17.8. The Bertz CT molecular complexity index is 1360. The number of aryl methyl sites for hydroxylation is 2. The summed E-state index contributed by atoms with van der Waals surface area (Å²) in [6, 6.07) is 11.0. The molecule has 2 aromatic carbocycles. The Hall–Kier alpha value is -3.75. The van der Waals surface area contributed by atoms with Crippen molar-refractivity contribution in [3.05, 3.63) is 77.2 Å². The third kappa shape index (κ3) is 5.50. The van der Waals surface area contributed by atoms with Crippen LogP contribution in [0.3, 0.4) is 0 Å². The van der Waals surface area contributed by atoms with E-state index in [2.05, 4.69) is 36.2 Å². The Morgan fingerprint density at radius 1 is 1.17 bits per heavy atom. The minimum atomic E-state index is -1.08. The second kappa shape index (κ2) is 9.48. The highest BCUT2D eigenvalue weighted by Crippen LogP contribution is 2.34. The highest BCUT2D eigenvalue weighted by atomic mass is 16.5. The number of hydrogen-bond acceptors (Lipinski definition) is 6. The number of carbonyl (C=O) groups excluding carboxylic acids is 1. The maximum atomic E-state index is 12.7. The number of aliphatic hydroxyl groups excluding tert-OH is 1. The molecule has 0 spiro atoms. The Morgan fingerprint density at radius 3 is 2.51 bits per heavy atom. The number of ether oxygens (including phenoxy) is 1. The van der Waals surface area contributed by atoms with Gasteiger partial charge in [0.2, 0.25) is 5.91 Å². The van der Waals surface area contributed by atoms with Gasteiger partial charge in [0.15, 0.2) is 0 Å². The molecule has 0 radical (unpaired) electrons. The first kappa shape index (κ1) is 24.4. The number of anilines is 1. The van der Waals surface area contributed by atoms with E-state index < -0.39 is 6.23 Å². The van der Waals surface area contributed by atoms with Crippen molar-refractivity contribution in [1.82, 2.24) is 14.8 Å². The third-order valence-electron chi connectivity index (χ3n) is 5.72. The SMILES string of the molecule is Cc1cc(CC(=O)Nc2cnn(C(C)(C)C)c2)cc(C)c1Oc1ccnc2ccc(C(N)O)cc12. The van der Waals surface area contributed by atoms with Crippen LogP contribution in [0.5, 0.6) is 11.5 Å². The Balaban J connectivity index is 1.53. The van der Waals surface area contributed by atoms with Gasteiger partial charge >= 0.3 is 0 Å². The summed E-state index contributed by atoms with van der Waals surface area (Å²) in [5.41, 5.74) is 10.2. The molecule has 0 bridgehead atoms. The summed E-state index contributed by atoms with van der Waals surface area (Å²) in [5.74, 6) is 1.22. The van der Waals surface area contributed by atoms with E-state index >= 15 is 0 Å². The van der Waals surface area contributed by atoms with E-state index in [-0.39, 0.29) is 17.9 Å². The molecule has 2 heterocycles. The first-order valence-electron chi connectivity index (χ1n) is 11.5. The zero-order chi connectivity index (χ0) is 25.3. The van der Waals surface area contributed by atoms with E-state index in [9.17, 15) is 9.90 Å². The summed E-state index contributed by atoms with van der Waals surface area (Å²) in [6.07, 6.45) is 4.33. The number of fused-ring (bicyclic) bond motifs is 1. The average molecular weight is 474 g/mol. The summed E-state index contributed by atoms with van der Waals surface area (Å²) in [7, 11) is 0. The number of benzene rings is 2. The zero-order valence-electron chi connectivity index (χ0n) is 20.7. The van der Waals surface area contributed by atoms with Gasteiger partial charge in [-0.2, -0.15) is 5.10 Å². The summed E-state index contributed by atoms with van der Waals surface area (Å²) >= 11 is 0. The molecule has 0 saturated carbocycles. The van der Waals surface area contributed by atoms with Crippen molar-refractivity contribution < 1.29 is 14.6 Å². The summed E-state index contributed by atoms with van der Waals surface area (Å²) in [6.45, 7) is 10.1. The quantitative estimate of drug-likeness (QED) is 0.349. The van der Waals surface area contributed by atoms with Crippen LogP contribution in [0.4, 0.5) is 5.69 Å². The molecule has 8 heteroatoms. The number of nitrogens with two attached hydrogens (primary N) is 1. The molecule has 35 heavy (non-hydrogen) atoms. The van der Waals surface area contributed by atoms with Crippen LogP contribution in [0, 0.1) is 13.8 Å². The first-order valence-corrected chi connectivity index (χ1v) is 11.5. The van der Waals surface area contributed by atoms with E-state index in [0.29, 0.717) is 22.7 Å². The number of hydrogen-bond donors (Lipinski definition) is 3. The van der Waals surface area contributed by atoms with Crippen LogP contribution in [0.2, 0.25) is 0 Å². The molecule has 8 nitrogen and oxygen atoms in total. The van der Waals surface area contributed by atoms with E-state index in [1.165, 1.54) is 0 Å². The summed E-state index contributed by atoms with van der Waals surface area (Å²) < 4.78 is 8.13. The van der Waals surface area contributed by atoms with Gasteiger partial charge in [-0.15, -0.1) is 0 Å². The molecule has 1 unspecified atom stereocenters. The van der Waals surface area contributed by atoms with Gasteiger partial charge < -0.3 is 20.9 Å². The smallest absolute Gasteiger partial charge is 0.228 e. The molecular weight excluding hydrogens is 442 g/mol. The lowest BCUT2D eigenvalue weighted by Crippen LogP contribution is -2.22. The Morgan fingerprint density at radius 2 is 1.89 bits per heavy atom. The first-order chi connectivity index (χ1) is 16.5. The molecule has 4 rings (SSSR count). The molecule has 4 N–H and O–H groups in total. The van der Waals surface area contributed by atoms with Gasteiger partial charge in [-0.25, -0.2) is 0 Å². The lowest BCUT2D eigenvalue weighted by molar-refractivity contribution is -0.115. The molecule has 0 fully saturated rings. The van der Waals surface area contributed by atoms with Crippen molar-refractivity contribution in [2.75, 3.05) is 5.32 Å². The molecule has 0 aliphatic rings. The van der Waals surface area contributed by atoms with E-state index in [1.807, 2.05) is 36.9 Å². The van der Waals surface area contributed by atoms with Gasteiger partial charge in [0.25, 0.3) is 0 Å². The van der Waals surface area contributed by atoms with Crippen molar-refractivity contribution in [3.8, 4) is 11.5 Å². The van der Waals surface area contributed by atoms with Crippen LogP contribution in [-0.2, 0) is 16.8 Å². The van der Waals surface area contributed by atoms with Crippen LogP contribution < -0.4 is 15.8 Å². The Kier molecular flexibility index (Phi) is 6.60. The number of aromatic nitrogens is 3. The number of aliphatic hydroxyl groups is 1. The highest BCUT2D eigenvalue weighted by Gasteiger charge is 2.16. The molecule has 1 amide bonds. The number of amides is 1. The number of carbonyl (C=O) groups is 1. The van der Waals surface area contributed by atoms with Crippen LogP contribution in [-0.4, -0.2) is 25.8 Å². The van der Waals surface area contributed by atoms with Gasteiger partial charge in [0, 0.05) is 17.8 Å². The maximum Gasteiger partial charge on any atom is 0.228 e. The largest absolute Gasteiger partial charge is 0.456 e. The molecule has 1 atom stereocenters. The van der Waals surface area contributed by atoms with Crippen molar-refractivity contribution in [2.24, 2.45) is 5.73 Å². The minimum absolute atomic E-state index is 0.112. The molecule has 0 aliphatic heterocycles. The lowest BCUT2D eigenvalue weighted by atomic mass is 10.0. The number of pyridine rings is 1. The lowest BCUT2D eigenvalue weighted by Gasteiger charge is -2.18. The average Bonchev–Trinajstić information content (AvgIpc) is 3.25. The van der Waals surface area contributed by atoms with Gasteiger partial charge in [0.1, 0.15) is 17.7 Å². The minimum Gasteiger partial charge on any atom is -0.456 e. The molecule has 0 aliphatic carbocycles. The fraction of sp³-hybridized carbons (Fsp3) is 0.296. The zero-order valence-corrected chi connectivity index (χ0v) is 20.7. The van der Waals surface area contributed by atoms with Gasteiger partial charge in [-0.05, 0) is 75.1 Å². The van der Waals surface area contributed by atoms with Crippen molar-refractivity contribution in [1.29, 1.82) is 0 Å². The van der Waals surface area contributed by atoms with Crippen LogP contribution in [0.15, 0.2) is 55.0 Å². The molecule has 2 aromatic heterocycles. The van der Waals surface area contributed by atoms with Crippen LogP contribution in [0.1, 0.15) is 49.3 Å². The maximum absolute atomic E-state index is 12.7. The van der Waals surface area contributed by atoms with E-state index in [0.717, 1.165) is 27.6 Å². The fourth-order valence-electron chi connectivity index (χ4n) is 3.97. The number of nitrogens with zero attached hydrogens (tertiary/aromatic N) is 3. The third-order valence-corrected chi connectivity index (χ3v) is 5.72. The predicted molar refractivity (Wildman–Crippen MR) is 136 cm³/mol. The van der Waals surface area contributed by atoms with Gasteiger partial charge in [-0.1, -0.05) is 18.2 Å².